The first kappa shape index (κ1) is 25.0. The van der Waals surface area contributed by atoms with Gasteiger partial charge in [-0.3, -0.25) is 10.9 Å². The highest BCUT2D eigenvalue weighted by molar-refractivity contribution is 7.80. The Labute approximate surface area is 200 Å². The van der Waals surface area contributed by atoms with E-state index in [0.717, 1.165) is 16.8 Å². The van der Waals surface area contributed by atoms with Crippen LogP contribution in [0.4, 0.5) is 11.4 Å². The van der Waals surface area contributed by atoms with Gasteiger partial charge in [0.2, 0.25) is 0 Å². The van der Waals surface area contributed by atoms with E-state index in [9.17, 15) is 0 Å². The second kappa shape index (κ2) is 12.5. The smallest absolute Gasteiger partial charge is 0.191 e. The van der Waals surface area contributed by atoms with Crippen LogP contribution < -0.4 is 26.4 Å². The van der Waals surface area contributed by atoms with E-state index in [1.807, 2.05) is 52.2 Å². The van der Waals surface area contributed by atoms with Gasteiger partial charge in [0.1, 0.15) is 0 Å². The zero-order chi connectivity index (χ0) is 23.5. The minimum absolute atomic E-state index is 0.389. The molecule has 0 spiro atoms. The Hall–Kier alpha value is -3.30. The van der Waals surface area contributed by atoms with Gasteiger partial charge >= 0.3 is 0 Å². The van der Waals surface area contributed by atoms with Crippen molar-refractivity contribution in [2.24, 2.45) is 10.2 Å². The molecule has 7 nitrogen and oxygen atoms in total. The number of hydrogen-bond donors (Lipinski definition) is 4. The third-order valence-electron chi connectivity index (χ3n) is 4.45. The average Bonchev–Trinajstić information content (AvgIpc) is 2.80. The maximum absolute atomic E-state index is 5.31. The molecule has 2 rings (SSSR count). The normalized spacial score (nSPS) is 11.8. The van der Waals surface area contributed by atoms with Crippen molar-refractivity contribution in [2.75, 3.05) is 31.4 Å². The van der Waals surface area contributed by atoms with Crippen molar-refractivity contribution >= 4 is 69.6 Å². The molecular formula is C23H29N7S2. The fourth-order valence-corrected chi connectivity index (χ4v) is 2.61. The fourth-order valence-electron chi connectivity index (χ4n) is 2.40. The average molecular weight is 468 g/mol. The Kier molecular flexibility index (Phi) is 9.77. The van der Waals surface area contributed by atoms with Gasteiger partial charge in [-0.2, -0.15) is 10.2 Å². The van der Waals surface area contributed by atoms with Gasteiger partial charge < -0.3 is 15.5 Å². The maximum atomic E-state index is 5.31. The van der Waals surface area contributed by atoms with Gasteiger partial charge in [0.25, 0.3) is 0 Å². The van der Waals surface area contributed by atoms with E-state index in [1.165, 1.54) is 5.69 Å². The Balaban J connectivity index is 1.88. The summed E-state index contributed by atoms with van der Waals surface area (Å²) in [5.41, 5.74) is 11.2. The van der Waals surface area contributed by atoms with Crippen molar-refractivity contribution < 1.29 is 0 Å². The van der Waals surface area contributed by atoms with E-state index >= 15 is 0 Å². The summed E-state index contributed by atoms with van der Waals surface area (Å²) in [6.07, 6.45) is 4.17. The summed E-state index contributed by atoms with van der Waals surface area (Å²) in [5, 5.41) is 15.1. The van der Waals surface area contributed by atoms with E-state index in [-0.39, 0.29) is 0 Å². The summed E-state index contributed by atoms with van der Waals surface area (Å²) >= 11 is 10.3. The van der Waals surface area contributed by atoms with Crippen LogP contribution in [0.1, 0.15) is 25.0 Å². The zero-order valence-corrected chi connectivity index (χ0v) is 20.6. The SMILES string of the molecule is CNC(=S)NN=C(C)C(C)=NNC(=S)Nc1ccc(/C=C/c2ccc(N(C)C)cc2)cc1. The lowest BCUT2D eigenvalue weighted by atomic mass is 10.1. The van der Waals surface area contributed by atoms with Crippen molar-refractivity contribution in [3.8, 4) is 0 Å². The molecule has 0 radical (unpaired) electrons. The quantitative estimate of drug-likeness (QED) is 0.212. The van der Waals surface area contributed by atoms with Crippen LogP contribution in [-0.4, -0.2) is 42.8 Å². The minimum atomic E-state index is 0.389. The van der Waals surface area contributed by atoms with E-state index in [0.29, 0.717) is 21.6 Å². The highest BCUT2D eigenvalue weighted by Crippen LogP contribution is 2.16. The molecule has 4 N–H and O–H groups in total. The van der Waals surface area contributed by atoms with Gasteiger partial charge in [0.15, 0.2) is 10.2 Å². The van der Waals surface area contributed by atoms with Crippen LogP contribution in [0.2, 0.25) is 0 Å². The van der Waals surface area contributed by atoms with Crippen LogP contribution in [0, 0.1) is 0 Å². The number of hydrogen-bond acceptors (Lipinski definition) is 5. The number of thiocarbonyl (C=S) groups is 2. The second-order valence-corrected chi connectivity index (χ2v) is 7.91. The lowest BCUT2D eigenvalue weighted by Crippen LogP contribution is -2.30. The zero-order valence-electron chi connectivity index (χ0n) is 18.9. The van der Waals surface area contributed by atoms with Crippen molar-refractivity contribution in [3.63, 3.8) is 0 Å². The number of rotatable bonds is 7. The summed E-state index contributed by atoms with van der Waals surface area (Å²) in [7, 11) is 5.79. The number of hydrazone groups is 2. The molecule has 9 heteroatoms. The Bertz CT molecular complexity index is 1010. The topological polar surface area (TPSA) is 76.1 Å². The Morgan fingerprint density at radius 2 is 1.25 bits per heavy atom. The third-order valence-corrected chi connectivity index (χ3v) is 4.94. The molecule has 0 amide bonds. The molecule has 0 saturated heterocycles. The number of benzene rings is 2. The molecule has 0 atom stereocenters. The van der Waals surface area contributed by atoms with Crippen LogP contribution >= 0.6 is 24.4 Å². The van der Waals surface area contributed by atoms with E-state index < -0.39 is 0 Å². The van der Waals surface area contributed by atoms with Crippen LogP contribution in [0.25, 0.3) is 12.2 Å². The number of nitrogens with one attached hydrogen (secondary N) is 4. The predicted molar refractivity (Wildman–Crippen MR) is 147 cm³/mol. The van der Waals surface area contributed by atoms with Crippen LogP contribution in [0.5, 0.6) is 0 Å². The summed E-state index contributed by atoms with van der Waals surface area (Å²) in [5.74, 6) is 0. The first-order valence-electron chi connectivity index (χ1n) is 9.97. The standard InChI is InChI=1S/C23H29N7S2/c1-16(26-28-22(31)24-3)17(2)27-29-23(32)25-20-12-8-18(9-13-20)6-7-19-10-14-21(15-11-19)30(4)5/h6-15H,1-5H3,(H2,24,28,31)(H2,25,29,32)/b7-6+,26-16?,27-17?. The molecule has 0 heterocycles. The summed E-state index contributed by atoms with van der Waals surface area (Å²) in [4.78, 5) is 2.08. The summed E-state index contributed by atoms with van der Waals surface area (Å²) in [6.45, 7) is 3.65. The summed E-state index contributed by atoms with van der Waals surface area (Å²) < 4.78 is 0. The third kappa shape index (κ3) is 8.44. The highest BCUT2D eigenvalue weighted by Gasteiger charge is 2.01. The molecule has 0 aliphatic carbocycles. The van der Waals surface area contributed by atoms with Crippen molar-refractivity contribution in [1.29, 1.82) is 0 Å². The first-order valence-corrected chi connectivity index (χ1v) is 10.8. The number of anilines is 2. The molecule has 0 saturated carbocycles. The van der Waals surface area contributed by atoms with Crippen LogP contribution in [0.3, 0.4) is 0 Å². The Morgan fingerprint density at radius 1 is 0.781 bits per heavy atom. The van der Waals surface area contributed by atoms with E-state index in [4.69, 9.17) is 24.4 Å². The predicted octanol–water partition coefficient (Wildman–Crippen LogP) is 4.06. The molecular weight excluding hydrogens is 438 g/mol. The molecule has 168 valence electrons. The van der Waals surface area contributed by atoms with E-state index in [2.05, 4.69) is 73.0 Å². The molecule has 0 fully saturated rings. The Morgan fingerprint density at radius 3 is 1.72 bits per heavy atom. The first-order chi connectivity index (χ1) is 15.3. The van der Waals surface area contributed by atoms with Crippen molar-refractivity contribution in [2.45, 2.75) is 13.8 Å². The molecule has 0 bridgehead atoms. The van der Waals surface area contributed by atoms with Crippen LogP contribution in [-0.2, 0) is 0 Å². The minimum Gasteiger partial charge on any atom is -0.378 e. The highest BCUT2D eigenvalue weighted by atomic mass is 32.1. The number of nitrogens with zero attached hydrogens (tertiary/aromatic N) is 3. The molecule has 0 unspecified atom stereocenters. The van der Waals surface area contributed by atoms with Crippen LogP contribution in [0.15, 0.2) is 58.7 Å². The molecule has 0 aromatic heterocycles. The largest absolute Gasteiger partial charge is 0.378 e. The molecule has 32 heavy (non-hydrogen) atoms. The second-order valence-electron chi connectivity index (χ2n) is 7.09. The fraction of sp³-hybridized carbons (Fsp3) is 0.217. The lowest BCUT2D eigenvalue weighted by Gasteiger charge is -2.11. The van der Waals surface area contributed by atoms with Crippen molar-refractivity contribution in [3.05, 3.63) is 59.7 Å². The van der Waals surface area contributed by atoms with Gasteiger partial charge in [-0.15, -0.1) is 0 Å². The molecule has 0 aliphatic heterocycles. The monoisotopic (exact) mass is 467 g/mol. The lowest BCUT2D eigenvalue weighted by molar-refractivity contribution is 0.974. The van der Waals surface area contributed by atoms with Gasteiger partial charge in [0.05, 0.1) is 11.4 Å². The van der Waals surface area contributed by atoms with Gasteiger partial charge in [-0.05, 0) is 73.7 Å². The molecule has 2 aromatic rings. The van der Waals surface area contributed by atoms with Gasteiger partial charge in [0, 0.05) is 32.5 Å². The van der Waals surface area contributed by atoms with Gasteiger partial charge in [-0.1, -0.05) is 36.4 Å². The van der Waals surface area contributed by atoms with E-state index in [1.54, 1.807) is 7.05 Å². The molecule has 0 aliphatic rings. The van der Waals surface area contributed by atoms with Gasteiger partial charge in [-0.25, -0.2) is 0 Å². The maximum Gasteiger partial charge on any atom is 0.191 e. The van der Waals surface area contributed by atoms with Crippen molar-refractivity contribution in [1.82, 2.24) is 16.2 Å². The molecule has 2 aromatic carbocycles. The summed E-state index contributed by atoms with van der Waals surface area (Å²) in [6, 6.07) is 16.4.